The molecular formula is C21H19N3O7S. The maximum Gasteiger partial charge on any atom is 0.315 e. The number of phenolic OH excluding ortho intramolecular Hbond substituents is 1. The summed E-state index contributed by atoms with van der Waals surface area (Å²) >= 11 is 0.608. The summed E-state index contributed by atoms with van der Waals surface area (Å²) in [5.41, 5.74) is 2.01. The molecule has 3 amide bonds. The first kappa shape index (κ1) is 22.8. The summed E-state index contributed by atoms with van der Waals surface area (Å²) < 4.78 is 4.93. The van der Waals surface area contributed by atoms with E-state index in [-0.39, 0.29) is 16.2 Å². The molecule has 10 nitrogen and oxygen atoms in total. The Labute approximate surface area is 187 Å². The molecule has 1 saturated heterocycles. The van der Waals surface area contributed by atoms with E-state index in [9.17, 15) is 29.6 Å². The number of carbonyl (C=O) groups excluding carboxylic acids is 3. The van der Waals surface area contributed by atoms with Gasteiger partial charge in [0.05, 0.1) is 16.9 Å². The van der Waals surface area contributed by atoms with Crippen molar-refractivity contribution < 1.29 is 29.2 Å². The number of phenols is 1. The van der Waals surface area contributed by atoms with E-state index in [4.69, 9.17) is 4.74 Å². The third-order valence-electron chi connectivity index (χ3n) is 4.85. The van der Waals surface area contributed by atoms with Crippen molar-refractivity contribution in [3.05, 3.63) is 62.0 Å². The summed E-state index contributed by atoms with van der Waals surface area (Å²) in [5.74, 6) is -2.04. The van der Waals surface area contributed by atoms with Gasteiger partial charge in [0.2, 0.25) is 11.7 Å². The van der Waals surface area contributed by atoms with Gasteiger partial charge >= 0.3 is 5.69 Å². The number of benzene rings is 2. The van der Waals surface area contributed by atoms with Crippen LogP contribution in [0, 0.1) is 24.0 Å². The van der Waals surface area contributed by atoms with E-state index in [1.54, 1.807) is 12.1 Å². The number of nitro benzene ring substituents is 1. The second-order valence-electron chi connectivity index (χ2n) is 6.91. The third kappa shape index (κ3) is 4.57. The van der Waals surface area contributed by atoms with Crippen molar-refractivity contribution in [2.75, 3.05) is 19.0 Å². The summed E-state index contributed by atoms with van der Waals surface area (Å²) in [6.45, 7) is 3.27. The minimum Gasteiger partial charge on any atom is -0.500 e. The fourth-order valence-electron chi connectivity index (χ4n) is 3.00. The van der Waals surface area contributed by atoms with Gasteiger partial charge in [-0.1, -0.05) is 12.1 Å². The van der Waals surface area contributed by atoms with E-state index in [1.807, 2.05) is 19.9 Å². The van der Waals surface area contributed by atoms with Crippen LogP contribution >= 0.6 is 11.8 Å². The maximum atomic E-state index is 12.7. The second-order valence-corrected chi connectivity index (χ2v) is 7.90. The van der Waals surface area contributed by atoms with Crippen LogP contribution in [0.2, 0.25) is 0 Å². The van der Waals surface area contributed by atoms with Gasteiger partial charge in [-0.25, -0.2) is 0 Å². The van der Waals surface area contributed by atoms with Crippen LogP contribution in [0.25, 0.3) is 6.08 Å². The number of imide groups is 1. The van der Waals surface area contributed by atoms with Crippen LogP contribution in [0.1, 0.15) is 16.7 Å². The number of hydrogen-bond donors (Lipinski definition) is 2. The first-order chi connectivity index (χ1) is 15.1. The van der Waals surface area contributed by atoms with E-state index in [0.29, 0.717) is 17.4 Å². The lowest BCUT2D eigenvalue weighted by Crippen LogP contribution is -2.36. The van der Waals surface area contributed by atoms with Crippen molar-refractivity contribution in [2.45, 2.75) is 13.8 Å². The van der Waals surface area contributed by atoms with Crippen LogP contribution in [-0.4, -0.2) is 45.6 Å². The predicted molar refractivity (Wildman–Crippen MR) is 119 cm³/mol. The zero-order chi connectivity index (χ0) is 23.6. The molecule has 1 heterocycles. The van der Waals surface area contributed by atoms with E-state index in [2.05, 4.69) is 5.32 Å². The molecule has 1 aliphatic rings. The fraction of sp³-hybridized carbons (Fsp3) is 0.190. The monoisotopic (exact) mass is 457 g/mol. The Morgan fingerprint density at radius 1 is 1.31 bits per heavy atom. The van der Waals surface area contributed by atoms with Gasteiger partial charge in [-0.2, -0.15) is 0 Å². The molecule has 0 aromatic heterocycles. The molecule has 0 atom stereocenters. The molecule has 2 aromatic carbocycles. The molecule has 1 fully saturated rings. The molecule has 166 valence electrons. The number of hydrogen-bond acceptors (Lipinski definition) is 8. The number of ether oxygens (including phenoxy) is 1. The molecule has 2 N–H and O–H groups in total. The lowest BCUT2D eigenvalue weighted by Gasteiger charge is -2.14. The summed E-state index contributed by atoms with van der Waals surface area (Å²) in [6, 6.07) is 7.75. The third-order valence-corrected chi connectivity index (χ3v) is 5.75. The highest BCUT2D eigenvalue weighted by Crippen LogP contribution is 2.39. The first-order valence-corrected chi connectivity index (χ1v) is 10.1. The number of nitro groups is 1. The number of methoxy groups -OCH3 is 1. The lowest BCUT2D eigenvalue weighted by molar-refractivity contribution is -0.386. The van der Waals surface area contributed by atoms with Crippen molar-refractivity contribution in [2.24, 2.45) is 0 Å². The number of thioether (sulfide) groups is 1. The van der Waals surface area contributed by atoms with Gasteiger partial charge in [0.25, 0.3) is 11.1 Å². The molecule has 2 aromatic rings. The van der Waals surface area contributed by atoms with Crippen LogP contribution in [0.4, 0.5) is 16.2 Å². The van der Waals surface area contributed by atoms with Gasteiger partial charge in [-0.15, -0.1) is 0 Å². The molecule has 0 bridgehead atoms. The smallest absolute Gasteiger partial charge is 0.315 e. The largest absolute Gasteiger partial charge is 0.500 e. The van der Waals surface area contributed by atoms with E-state index >= 15 is 0 Å². The fourth-order valence-corrected chi connectivity index (χ4v) is 3.84. The summed E-state index contributed by atoms with van der Waals surface area (Å²) in [7, 11) is 1.23. The minimum absolute atomic E-state index is 0.0171. The topological polar surface area (TPSA) is 139 Å². The lowest BCUT2D eigenvalue weighted by atomic mass is 10.1. The summed E-state index contributed by atoms with van der Waals surface area (Å²) in [4.78, 5) is 48.6. The van der Waals surface area contributed by atoms with Gasteiger partial charge in [0.15, 0.2) is 5.75 Å². The molecule has 0 spiro atoms. The molecule has 11 heteroatoms. The highest BCUT2D eigenvalue weighted by Gasteiger charge is 2.36. The number of amides is 3. The number of rotatable bonds is 6. The molecule has 0 unspecified atom stereocenters. The Hall–Kier alpha value is -3.86. The Bertz CT molecular complexity index is 1180. The average molecular weight is 457 g/mol. The van der Waals surface area contributed by atoms with Crippen LogP contribution in [0.3, 0.4) is 0 Å². The van der Waals surface area contributed by atoms with Crippen molar-refractivity contribution >= 4 is 46.3 Å². The average Bonchev–Trinajstić information content (AvgIpc) is 2.99. The van der Waals surface area contributed by atoms with Crippen LogP contribution in [0.15, 0.2) is 35.2 Å². The number of nitrogens with zero attached hydrogens (tertiary/aromatic N) is 2. The maximum absolute atomic E-state index is 12.7. The zero-order valence-electron chi connectivity index (χ0n) is 17.4. The van der Waals surface area contributed by atoms with Crippen molar-refractivity contribution in [1.29, 1.82) is 0 Å². The number of aryl methyl sites for hydroxylation is 1. The molecule has 0 aliphatic carbocycles. The van der Waals surface area contributed by atoms with Gasteiger partial charge in [0.1, 0.15) is 6.54 Å². The standard InChI is InChI=1S/C21H19N3O7S/c1-11-5-4-6-14(12(11)2)22-18(25)10-23-20(27)17(32-21(23)28)9-13-7-15(24(29)30)19(26)16(8-13)31-3/h4-9,26H,10H2,1-3H3,(H,22,25)/b17-9+. The normalized spacial score (nSPS) is 14.7. The predicted octanol–water partition coefficient (Wildman–Crippen LogP) is 3.60. The number of nitrogens with one attached hydrogen (secondary N) is 1. The zero-order valence-corrected chi connectivity index (χ0v) is 18.2. The SMILES string of the molecule is COc1cc(/C=C2/SC(=O)N(CC(=O)Nc3cccc(C)c3C)C2=O)cc([N+](=O)[O-])c1O. The molecule has 0 saturated carbocycles. The van der Waals surface area contributed by atoms with Gasteiger partial charge in [-0.05, 0) is 60.5 Å². The van der Waals surface area contributed by atoms with E-state index < -0.39 is 40.0 Å². The summed E-state index contributed by atoms with van der Waals surface area (Å²) in [5, 5.41) is 23.1. The molecule has 1 aliphatic heterocycles. The minimum atomic E-state index is -0.793. The number of anilines is 1. The Balaban J connectivity index is 1.81. The Morgan fingerprint density at radius 3 is 2.69 bits per heavy atom. The first-order valence-electron chi connectivity index (χ1n) is 9.29. The van der Waals surface area contributed by atoms with E-state index in [0.717, 1.165) is 22.1 Å². The molecule has 32 heavy (non-hydrogen) atoms. The van der Waals surface area contributed by atoms with Crippen molar-refractivity contribution in [3.8, 4) is 11.5 Å². The Kier molecular flexibility index (Phi) is 6.49. The van der Waals surface area contributed by atoms with Crippen LogP contribution < -0.4 is 10.1 Å². The molecule has 3 rings (SSSR count). The van der Waals surface area contributed by atoms with E-state index in [1.165, 1.54) is 19.3 Å². The summed E-state index contributed by atoms with van der Waals surface area (Å²) in [6.07, 6.45) is 1.27. The van der Waals surface area contributed by atoms with Crippen molar-refractivity contribution in [3.63, 3.8) is 0 Å². The van der Waals surface area contributed by atoms with Gasteiger partial charge < -0.3 is 15.2 Å². The Morgan fingerprint density at radius 2 is 2.03 bits per heavy atom. The molecular weight excluding hydrogens is 438 g/mol. The van der Waals surface area contributed by atoms with Crippen molar-refractivity contribution in [1.82, 2.24) is 4.90 Å². The number of carbonyl (C=O) groups is 3. The molecule has 0 radical (unpaired) electrons. The van der Waals surface area contributed by atoms with Crippen LogP contribution in [-0.2, 0) is 9.59 Å². The second kappa shape index (κ2) is 9.10. The quantitative estimate of drug-likeness (QED) is 0.381. The van der Waals surface area contributed by atoms with Gasteiger partial charge in [0, 0.05) is 11.8 Å². The number of aromatic hydroxyl groups is 1. The highest BCUT2D eigenvalue weighted by molar-refractivity contribution is 8.18. The van der Waals surface area contributed by atoms with Crippen LogP contribution in [0.5, 0.6) is 11.5 Å². The van der Waals surface area contributed by atoms with Gasteiger partial charge in [-0.3, -0.25) is 29.4 Å². The highest BCUT2D eigenvalue weighted by atomic mass is 32.2.